The Hall–Kier alpha value is -2.59. The summed E-state index contributed by atoms with van der Waals surface area (Å²) in [7, 11) is 0. The molecule has 0 aliphatic heterocycles. The van der Waals surface area contributed by atoms with Crippen LogP contribution in [-0.4, -0.2) is 11.9 Å². The Labute approximate surface area is 173 Å². The van der Waals surface area contributed by atoms with Gasteiger partial charge < -0.3 is 4.74 Å². The Morgan fingerprint density at radius 3 is 2.45 bits per heavy atom. The molecule has 0 amide bonds. The molecule has 0 heterocycles. The van der Waals surface area contributed by atoms with Gasteiger partial charge in [0, 0.05) is 11.5 Å². The number of ether oxygens (including phenoxy) is 1. The van der Waals surface area contributed by atoms with Crippen molar-refractivity contribution in [1.29, 1.82) is 10.5 Å². The first-order valence-corrected chi connectivity index (χ1v) is 10.9. The largest absolute Gasteiger partial charge is 0.490 e. The van der Waals surface area contributed by atoms with Crippen LogP contribution < -0.4 is 4.74 Å². The van der Waals surface area contributed by atoms with Gasteiger partial charge >= 0.3 is 0 Å². The normalized spacial score (nSPS) is 30.4. The fourth-order valence-electron chi connectivity index (χ4n) is 6.00. The minimum absolute atomic E-state index is 0.0354. The zero-order valence-corrected chi connectivity index (χ0v) is 17.2. The highest BCUT2D eigenvalue weighted by Gasteiger charge is 2.56. The fourth-order valence-corrected chi connectivity index (χ4v) is 6.00. The van der Waals surface area contributed by atoms with Crippen molar-refractivity contribution in [1.82, 2.24) is 0 Å². The molecule has 0 bridgehead atoms. The van der Waals surface area contributed by atoms with E-state index in [4.69, 9.17) is 4.74 Å². The second-order valence-corrected chi connectivity index (χ2v) is 9.24. The molecule has 4 heteroatoms. The maximum absolute atomic E-state index is 13.0. The average molecular weight is 389 g/mol. The molecule has 0 aromatic heterocycles. The quantitative estimate of drug-likeness (QED) is 0.537. The Morgan fingerprint density at radius 2 is 1.79 bits per heavy atom. The van der Waals surface area contributed by atoms with Gasteiger partial charge in [-0.3, -0.25) is 4.79 Å². The number of allylic oxidation sites excluding steroid dienone is 2. The number of Topliss-reactive ketones (excluding diaryl/α,β-unsaturated/α-hetero) is 1. The summed E-state index contributed by atoms with van der Waals surface area (Å²) < 4.78 is 6.44. The summed E-state index contributed by atoms with van der Waals surface area (Å²) in [5, 5.41) is 18.7. The van der Waals surface area contributed by atoms with Crippen molar-refractivity contribution in [2.24, 2.45) is 29.6 Å². The summed E-state index contributed by atoms with van der Waals surface area (Å²) in [6.07, 6.45) is 5.81. The summed E-state index contributed by atoms with van der Waals surface area (Å²) in [5.74, 6) is 2.15. The summed E-state index contributed by atoms with van der Waals surface area (Å²) in [4.78, 5) is 13.0. The highest BCUT2D eigenvalue weighted by atomic mass is 16.5. The van der Waals surface area contributed by atoms with E-state index in [9.17, 15) is 15.3 Å². The molecule has 0 radical (unpaired) electrons. The molecule has 3 aliphatic carbocycles. The molecule has 0 N–H and O–H groups in total. The summed E-state index contributed by atoms with van der Waals surface area (Å²) in [6.45, 7) is 4.44. The molecule has 1 aromatic carbocycles. The number of hydrogen-bond acceptors (Lipinski definition) is 4. The van der Waals surface area contributed by atoms with Crippen molar-refractivity contribution < 1.29 is 9.53 Å². The first kappa shape index (κ1) is 19.7. The molecular formula is C25H28N2O2. The van der Waals surface area contributed by atoms with Crippen molar-refractivity contribution >= 4 is 5.78 Å². The molecular weight excluding hydrogens is 360 g/mol. The predicted octanol–water partition coefficient (Wildman–Crippen LogP) is 5.00. The second kappa shape index (κ2) is 8.03. The number of carbonyl (C=O) groups is 1. The average Bonchev–Trinajstić information content (AvgIpc) is 3.00. The molecule has 1 aromatic rings. The molecule has 3 aliphatic rings. The van der Waals surface area contributed by atoms with Crippen LogP contribution in [0.25, 0.3) is 0 Å². The van der Waals surface area contributed by atoms with E-state index in [1.54, 1.807) is 0 Å². The van der Waals surface area contributed by atoms with Gasteiger partial charge in [-0.15, -0.1) is 0 Å². The van der Waals surface area contributed by atoms with Crippen molar-refractivity contribution in [2.45, 2.75) is 58.5 Å². The fraction of sp³-hybridized carbons (Fsp3) is 0.560. The molecule has 3 fully saturated rings. The lowest BCUT2D eigenvalue weighted by Gasteiger charge is -2.44. The number of nitrogens with zero attached hydrogens (tertiary/aromatic N) is 2. The van der Waals surface area contributed by atoms with Crippen molar-refractivity contribution in [3.63, 3.8) is 0 Å². The van der Waals surface area contributed by atoms with Crippen molar-refractivity contribution in [2.75, 3.05) is 0 Å². The number of benzene rings is 1. The number of ketones is 1. The maximum Gasteiger partial charge on any atom is 0.164 e. The molecule has 150 valence electrons. The van der Waals surface area contributed by atoms with Crippen LogP contribution >= 0.6 is 0 Å². The molecule has 4 nitrogen and oxygen atoms in total. The maximum atomic E-state index is 13.0. The number of carbonyl (C=O) groups excluding carboxylic acids is 1. The number of rotatable bonds is 4. The van der Waals surface area contributed by atoms with Crippen LogP contribution in [0.4, 0.5) is 0 Å². The first-order valence-electron chi connectivity index (χ1n) is 10.9. The minimum atomic E-state index is -0.0368. The Kier molecular flexibility index (Phi) is 5.46. The number of hydrogen-bond donors (Lipinski definition) is 0. The zero-order chi connectivity index (χ0) is 20.5. The third-order valence-corrected chi connectivity index (χ3v) is 7.04. The lowest BCUT2D eigenvalue weighted by molar-refractivity contribution is -0.120. The minimum Gasteiger partial charge on any atom is -0.490 e. The predicted molar refractivity (Wildman–Crippen MR) is 110 cm³/mol. The lowest BCUT2D eigenvalue weighted by Crippen LogP contribution is -2.44. The van der Waals surface area contributed by atoms with Gasteiger partial charge in [0.2, 0.25) is 0 Å². The van der Waals surface area contributed by atoms with Crippen molar-refractivity contribution in [3.05, 3.63) is 41.0 Å². The van der Waals surface area contributed by atoms with E-state index in [1.165, 1.54) is 5.56 Å². The molecule has 29 heavy (non-hydrogen) atoms. The van der Waals surface area contributed by atoms with E-state index in [1.807, 2.05) is 12.1 Å². The summed E-state index contributed by atoms with van der Waals surface area (Å²) in [5.41, 5.74) is 1.88. The Bertz CT molecular complexity index is 884. The van der Waals surface area contributed by atoms with Gasteiger partial charge in [0.15, 0.2) is 5.78 Å². The third kappa shape index (κ3) is 3.58. The van der Waals surface area contributed by atoms with Crippen LogP contribution in [0, 0.1) is 52.3 Å². The van der Waals surface area contributed by atoms with Crippen LogP contribution in [0.2, 0.25) is 0 Å². The van der Waals surface area contributed by atoms with Gasteiger partial charge in [-0.1, -0.05) is 32.4 Å². The standard InChI is InChI=1S/C25H28N2O2/c1-15(2)12-16-6-8-18(9-7-16)29-22-11-10-20-23(17(13-26)14-27)25(28)21-5-3-4-19(22)24(20)21/h6-9,15,19-22,24H,3-5,10-12H2,1-2H3. The zero-order valence-electron chi connectivity index (χ0n) is 17.2. The van der Waals surface area contributed by atoms with E-state index in [-0.39, 0.29) is 35.2 Å². The summed E-state index contributed by atoms with van der Waals surface area (Å²) in [6, 6.07) is 12.4. The monoisotopic (exact) mass is 388 g/mol. The summed E-state index contributed by atoms with van der Waals surface area (Å²) >= 11 is 0. The Morgan fingerprint density at radius 1 is 1.07 bits per heavy atom. The van der Waals surface area contributed by atoms with Crippen LogP contribution in [0.5, 0.6) is 5.75 Å². The van der Waals surface area contributed by atoms with E-state index >= 15 is 0 Å². The van der Waals surface area contributed by atoms with Gasteiger partial charge in [-0.2, -0.15) is 10.5 Å². The third-order valence-electron chi connectivity index (χ3n) is 7.04. The van der Waals surface area contributed by atoms with E-state index in [0.29, 0.717) is 17.4 Å². The van der Waals surface area contributed by atoms with Crippen LogP contribution in [-0.2, 0) is 11.2 Å². The second-order valence-electron chi connectivity index (χ2n) is 9.24. The molecule has 0 saturated heterocycles. The van der Waals surface area contributed by atoms with Crippen molar-refractivity contribution in [3.8, 4) is 17.9 Å². The van der Waals surface area contributed by atoms with Crippen LogP contribution in [0.1, 0.15) is 51.5 Å². The molecule has 5 atom stereocenters. The molecule has 0 spiro atoms. The highest BCUT2D eigenvalue weighted by Crippen LogP contribution is 2.56. The van der Waals surface area contributed by atoms with Gasteiger partial charge in [0.1, 0.15) is 29.6 Å². The van der Waals surface area contributed by atoms with Crippen LogP contribution in [0.3, 0.4) is 0 Å². The van der Waals surface area contributed by atoms with E-state index in [0.717, 1.165) is 44.3 Å². The topological polar surface area (TPSA) is 73.9 Å². The van der Waals surface area contributed by atoms with E-state index < -0.39 is 0 Å². The van der Waals surface area contributed by atoms with Gasteiger partial charge in [-0.25, -0.2) is 0 Å². The lowest BCUT2D eigenvalue weighted by atomic mass is 9.63. The molecule has 4 rings (SSSR count). The molecule has 5 unspecified atom stereocenters. The smallest absolute Gasteiger partial charge is 0.164 e. The van der Waals surface area contributed by atoms with Gasteiger partial charge in [0.25, 0.3) is 0 Å². The molecule has 3 saturated carbocycles. The van der Waals surface area contributed by atoms with E-state index in [2.05, 4.69) is 38.1 Å². The number of nitriles is 2. The Balaban J connectivity index is 1.55. The highest BCUT2D eigenvalue weighted by molar-refractivity contribution is 6.02. The van der Waals surface area contributed by atoms with Gasteiger partial charge in [-0.05, 0) is 73.5 Å². The SMILES string of the molecule is CC(C)Cc1ccc(OC2CCC3C(=C(C#N)C#N)C(=O)C4CCCC2C43)cc1. The first-order chi connectivity index (χ1) is 14.0. The van der Waals surface area contributed by atoms with Crippen LogP contribution in [0.15, 0.2) is 35.4 Å². The van der Waals surface area contributed by atoms with Gasteiger partial charge in [0.05, 0.1) is 0 Å².